The van der Waals surface area contributed by atoms with E-state index in [1.165, 1.54) is 0 Å². The lowest BCUT2D eigenvalue weighted by Gasteiger charge is -2.28. The minimum Gasteiger partial charge on any atom is -0.351 e. The molecule has 1 heterocycles. The van der Waals surface area contributed by atoms with Gasteiger partial charge in [-0.25, -0.2) is 13.4 Å². The van der Waals surface area contributed by atoms with E-state index in [1.807, 2.05) is 54.1 Å². The van der Waals surface area contributed by atoms with Gasteiger partial charge in [-0.2, -0.15) is 0 Å². The summed E-state index contributed by atoms with van der Waals surface area (Å²) in [5, 5.41) is 2.97. The van der Waals surface area contributed by atoms with Gasteiger partial charge in [-0.05, 0) is 55.0 Å². The molecule has 1 N–H and O–H groups in total. The van der Waals surface area contributed by atoms with Crippen LogP contribution in [-0.2, 0) is 27.7 Å². The van der Waals surface area contributed by atoms with Crippen molar-refractivity contribution >= 4 is 15.7 Å². The summed E-state index contributed by atoms with van der Waals surface area (Å²) in [5.41, 5.74) is 3.58. The summed E-state index contributed by atoms with van der Waals surface area (Å²) in [4.78, 5) is 17.8. The van der Waals surface area contributed by atoms with Crippen molar-refractivity contribution in [2.75, 3.05) is 0 Å². The van der Waals surface area contributed by atoms with E-state index in [2.05, 4.69) is 10.3 Å². The molecule has 0 spiro atoms. The summed E-state index contributed by atoms with van der Waals surface area (Å²) in [6.45, 7) is 4.59. The molecule has 32 heavy (non-hydrogen) atoms. The first kappa shape index (κ1) is 22.3. The number of nitrogens with zero attached hydrogens (tertiary/aromatic N) is 2. The predicted molar refractivity (Wildman–Crippen MR) is 124 cm³/mol. The average molecular weight is 452 g/mol. The monoisotopic (exact) mass is 451 g/mol. The molecule has 0 atom stereocenters. The van der Waals surface area contributed by atoms with E-state index in [0.717, 1.165) is 29.5 Å². The molecule has 0 aliphatic heterocycles. The number of hydrogen-bond donors (Lipinski definition) is 1. The highest BCUT2D eigenvalue weighted by Gasteiger charge is 2.53. The summed E-state index contributed by atoms with van der Waals surface area (Å²) in [5.74, 6) is -0.395. The number of rotatable bonds is 7. The summed E-state index contributed by atoms with van der Waals surface area (Å²) in [7, 11) is -3.83. The third-order valence-corrected chi connectivity index (χ3v) is 9.08. The zero-order valence-electron chi connectivity index (χ0n) is 18.5. The lowest BCUT2D eigenvalue weighted by molar-refractivity contribution is -0.123. The van der Waals surface area contributed by atoms with Crippen molar-refractivity contribution in [2.24, 2.45) is 0 Å². The normalized spacial score (nSPS) is 15.6. The van der Waals surface area contributed by atoms with Crippen LogP contribution in [0.25, 0.3) is 0 Å². The van der Waals surface area contributed by atoms with Crippen molar-refractivity contribution in [3.8, 4) is 0 Å². The van der Waals surface area contributed by atoms with Crippen molar-refractivity contribution in [3.63, 3.8) is 0 Å². The summed E-state index contributed by atoms with van der Waals surface area (Å²) in [6, 6.07) is 13.3. The van der Waals surface area contributed by atoms with E-state index < -0.39 is 20.5 Å². The molecule has 1 amide bonds. The standard InChI is InChI=1S/C25H29N3O3S/c1-19-9-10-20(2)23(15-19)32(30,31)25(11-5-6-12-25)24(29)27-16-21-7-3-4-8-22(21)17-28-14-13-26-18-28/h3-4,7-10,13-15,18H,5-6,11-12,16-17H2,1-2H3,(H,27,29). The van der Waals surface area contributed by atoms with Crippen LogP contribution in [0.15, 0.2) is 66.1 Å². The average Bonchev–Trinajstić information content (AvgIpc) is 3.47. The Morgan fingerprint density at radius 3 is 2.50 bits per heavy atom. The molecule has 3 aromatic rings. The zero-order valence-corrected chi connectivity index (χ0v) is 19.4. The molecule has 2 aromatic carbocycles. The van der Waals surface area contributed by atoms with Gasteiger partial charge in [-0.1, -0.05) is 49.2 Å². The molecular formula is C25H29N3O3S. The van der Waals surface area contributed by atoms with E-state index in [4.69, 9.17) is 0 Å². The van der Waals surface area contributed by atoms with E-state index in [-0.39, 0.29) is 11.4 Å². The number of nitrogens with one attached hydrogen (secondary N) is 1. The van der Waals surface area contributed by atoms with Crippen LogP contribution in [0.5, 0.6) is 0 Å². The molecule has 1 aliphatic carbocycles. The third kappa shape index (κ3) is 4.09. The van der Waals surface area contributed by atoms with Gasteiger partial charge in [-0.3, -0.25) is 4.79 Å². The van der Waals surface area contributed by atoms with Crippen LogP contribution < -0.4 is 5.32 Å². The topological polar surface area (TPSA) is 81.1 Å². The van der Waals surface area contributed by atoms with Gasteiger partial charge in [0.2, 0.25) is 5.91 Å². The van der Waals surface area contributed by atoms with Crippen LogP contribution in [-0.4, -0.2) is 28.6 Å². The van der Waals surface area contributed by atoms with Crippen molar-refractivity contribution in [3.05, 3.63) is 83.4 Å². The fourth-order valence-electron chi connectivity index (χ4n) is 4.57. The van der Waals surface area contributed by atoms with Gasteiger partial charge in [0.25, 0.3) is 0 Å². The number of benzene rings is 2. The molecule has 0 unspecified atom stereocenters. The number of imidazole rings is 1. The molecule has 7 heteroatoms. The second-order valence-electron chi connectivity index (χ2n) is 8.66. The Morgan fingerprint density at radius 1 is 1.09 bits per heavy atom. The van der Waals surface area contributed by atoms with Crippen LogP contribution in [0.1, 0.15) is 47.9 Å². The highest BCUT2D eigenvalue weighted by Crippen LogP contribution is 2.41. The SMILES string of the molecule is Cc1ccc(C)c(S(=O)(=O)C2(C(=O)NCc3ccccc3Cn3ccnc3)CCCC2)c1. The van der Waals surface area contributed by atoms with E-state index in [0.29, 0.717) is 24.9 Å². The minimum absolute atomic E-state index is 0.273. The summed E-state index contributed by atoms with van der Waals surface area (Å²) in [6.07, 6.45) is 7.53. The van der Waals surface area contributed by atoms with E-state index >= 15 is 0 Å². The van der Waals surface area contributed by atoms with Crippen LogP contribution in [0.4, 0.5) is 0 Å². The fraction of sp³-hybridized carbons (Fsp3) is 0.360. The van der Waals surface area contributed by atoms with Crippen LogP contribution in [0.2, 0.25) is 0 Å². The molecule has 1 aliphatic rings. The van der Waals surface area contributed by atoms with Crippen molar-refractivity contribution < 1.29 is 13.2 Å². The quantitative estimate of drug-likeness (QED) is 0.590. The molecule has 168 valence electrons. The van der Waals surface area contributed by atoms with Crippen molar-refractivity contribution in [2.45, 2.75) is 62.3 Å². The highest BCUT2D eigenvalue weighted by atomic mass is 32.2. The van der Waals surface area contributed by atoms with Gasteiger partial charge in [0.15, 0.2) is 14.6 Å². The Bertz CT molecular complexity index is 1210. The number of aryl methyl sites for hydroxylation is 2. The second-order valence-corrected chi connectivity index (χ2v) is 10.9. The first-order valence-corrected chi connectivity index (χ1v) is 12.4. The Balaban J connectivity index is 1.60. The van der Waals surface area contributed by atoms with Crippen LogP contribution in [0, 0.1) is 13.8 Å². The maximum absolute atomic E-state index is 13.8. The molecule has 1 fully saturated rings. The zero-order chi connectivity index (χ0) is 22.8. The van der Waals surface area contributed by atoms with E-state index in [9.17, 15) is 13.2 Å². The van der Waals surface area contributed by atoms with Crippen LogP contribution >= 0.6 is 0 Å². The Labute approximate surface area is 189 Å². The first-order chi connectivity index (χ1) is 15.3. The maximum atomic E-state index is 13.8. The van der Waals surface area contributed by atoms with Gasteiger partial charge in [-0.15, -0.1) is 0 Å². The third-order valence-electron chi connectivity index (χ3n) is 6.44. The largest absolute Gasteiger partial charge is 0.351 e. The Morgan fingerprint density at radius 2 is 1.81 bits per heavy atom. The number of amides is 1. The Hall–Kier alpha value is -2.93. The number of hydrogen-bond acceptors (Lipinski definition) is 4. The van der Waals surface area contributed by atoms with Crippen molar-refractivity contribution in [1.29, 1.82) is 0 Å². The summed E-state index contributed by atoms with van der Waals surface area (Å²) >= 11 is 0. The summed E-state index contributed by atoms with van der Waals surface area (Å²) < 4.78 is 28.1. The molecule has 0 saturated heterocycles. The predicted octanol–water partition coefficient (Wildman–Crippen LogP) is 3.95. The fourth-order valence-corrected chi connectivity index (χ4v) is 6.97. The van der Waals surface area contributed by atoms with E-state index in [1.54, 1.807) is 25.5 Å². The maximum Gasteiger partial charge on any atom is 0.242 e. The molecule has 4 rings (SSSR count). The molecule has 6 nitrogen and oxygen atoms in total. The highest BCUT2D eigenvalue weighted by molar-refractivity contribution is 7.93. The lowest BCUT2D eigenvalue weighted by atomic mass is 10.0. The van der Waals surface area contributed by atoms with Gasteiger partial charge in [0.1, 0.15) is 0 Å². The number of carbonyl (C=O) groups is 1. The first-order valence-electron chi connectivity index (χ1n) is 11.0. The van der Waals surface area contributed by atoms with Gasteiger partial charge in [0.05, 0.1) is 11.2 Å². The second kappa shape index (κ2) is 8.90. The number of carbonyl (C=O) groups excluding carboxylic acids is 1. The van der Waals surface area contributed by atoms with Crippen molar-refractivity contribution in [1.82, 2.24) is 14.9 Å². The van der Waals surface area contributed by atoms with Gasteiger partial charge < -0.3 is 9.88 Å². The molecule has 0 radical (unpaired) electrons. The Kier molecular flexibility index (Phi) is 6.20. The number of aromatic nitrogens is 2. The minimum atomic E-state index is -3.83. The van der Waals surface area contributed by atoms with Gasteiger partial charge in [0, 0.05) is 25.5 Å². The molecule has 1 saturated carbocycles. The van der Waals surface area contributed by atoms with Gasteiger partial charge >= 0.3 is 0 Å². The number of sulfone groups is 1. The lowest BCUT2D eigenvalue weighted by Crippen LogP contribution is -2.50. The molecule has 1 aromatic heterocycles. The van der Waals surface area contributed by atoms with Crippen LogP contribution in [0.3, 0.4) is 0 Å². The smallest absolute Gasteiger partial charge is 0.242 e. The molecular weight excluding hydrogens is 422 g/mol. The molecule has 0 bridgehead atoms.